The molecule has 0 radical (unpaired) electrons. The van der Waals surface area contributed by atoms with Crippen molar-refractivity contribution in [1.82, 2.24) is 10.2 Å². The fourth-order valence-corrected chi connectivity index (χ4v) is 0.963. The van der Waals surface area contributed by atoms with Crippen molar-refractivity contribution in [2.75, 3.05) is 33.8 Å². The van der Waals surface area contributed by atoms with E-state index in [9.17, 15) is 22.8 Å². The smallest absolute Gasteiger partial charge is 0.405 e. The van der Waals surface area contributed by atoms with E-state index in [1.165, 1.54) is 19.1 Å². The lowest BCUT2D eigenvalue weighted by Crippen LogP contribution is -2.40. The quantitative estimate of drug-likeness (QED) is 0.688. The second kappa shape index (κ2) is 7.10. The normalized spacial score (nSPS) is 11.4. The van der Waals surface area contributed by atoms with E-state index in [1.54, 1.807) is 5.32 Å². The van der Waals surface area contributed by atoms with Crippen molar-refractivity contribution in [1.29, 1.82) is 0 Å². The van der Waals surface area contributed by atoms with Gasteiger partial charge in [-0.3, -0.25) is 14.5 Å². The second-order valence-electron chi connectivity index (χ2n) is 3.46. The number of amides is 1. The lowest BCUT2D eigenvalue weighted by Gasteiger charge is -2.15. The largest absolute Gasteiger partial charge is 0.469 e. The number of halogens is 3. The average molecular weight is 256 g/mol. The van der Waals surface area contributed by atoms with Gasteiger partial charge in [0.05, 0.1) is 20.1 Å². The molecule has 0 saturated heterocycles. The van der Waals surface area contributed by atoms with Crippen molar-refractivity contribution in [2.24, 2.45) is 0 Å². The van der Waals surface area contributed by atoms with Gasteiger partial charge in [0.25, 0.3) is 0 Å². The molecular weight excluding hydrogens is 241 g/mol. The van der Waals surface area contributed by atoms with Gasteiger partial charge in [0.1, 0.15) is 6.54 Å². The van der Waals surface area contributed by atoms with Crippen molar-refractivity contribution < 1.29 is 27.5 Å². The highest BCUT2D eigenvalue weighted by Crippen LogP contribution is 2.11. The van der Waals surface area contributed by atoms with Crippen LogP contribution < -0.4 is 5.32 Å². The van der Waals surface area contributed by atoms with Crippen LogP contribution in [-0.2, 0) is 14.3 Å². The number of alkyl halides is 3. The van der Waals surface area contributed by atoms with E-state index in [2.05, 4.69) is 4.74 Å². The first-order valence-corrected chi connectivity index (χ1v) is 4.83. The third kappa shape index (κ3) is 9.61. The number of carbonyl (C=O) groups excluding carboxylic acids is 2. The van der Waals surface area contributed by atoms with Gasteiger partial charge in [0.2, 0.25) is 5.91 Å². The first kappa shape index (κ1) is 15.7. The Kier molecular flexibility index (Phi) is 6.55. The van der Waals surface area contributed by atoms with E-state index in [0.29, 0.717) is 0 Å². The zero-order chi connectivity index (χ0) is 13.5. The zero-order valence-electron chi connectivity index (χ0n) is 9.63. The predicted octanol–water partition coefficient (Wildman–Crippen LogP) is 0.160. The average Bonchev–Trinajstić information content (AvgIpc) is 2.22. The van der Waals surface area contributed by atoms with Crippen molar-refractivity contribution in [3.63, 3.8) is 0 Å². The molecule has 0 spiro atoms. The van der Waals surface area contributed by atoms with E-state index in [0.717, 1.165) is 0 Å². The Morgan fingerprint density at radius 1 is 1.35 bits per heavy atom. The molecule has 0 aliphatic carbocycles. The predicted molar refractivity (Wildman–Crippen MR) is 53.2 cm³/mol. The molecule has 0 fully saturated rings. The third-order valence-electron chi connectivity index (χ3n) is 1.82. The summed E-state index contributed by atoms with van der Waals surface area (Å²) in [7, 11) is 2.76. The van der Waals surface area contributed by atoms with Crippen LogP contribution >= 0.6 is 0 Å². The maximum Gasteiger partial charge on any atom is 0.405 e. The molecule has 0 aromatic rings. The molecular formula is C9H15F3N2O3. The van der Waals surface area contributed by atoms with E-state index >= 15 is 0 Å². The topological polar surface area (TPSA) is 58.6 Å². The fourth-order valence-electron chi connectivity index (χ4n) is 0.963. The summed E-state index contributed by atoms with van der Waals surface area (Å²) in [5.41, 5.74) is 0. The zero-order valence-corrected chi connectivity index (χ0v) is 9.63. The van der Waals surface area contributed by atoms with Crippen LogP contribution in [0.2, 0.25) is 0 Å². The molecule has 5 nitrogen and oxygen atoms in total. The summed E-state index contributed by atoms with van der Waals surface area (Å²) in [6, 6.07) is 0. The highest BCUT2D eigenvalue weighted by Gasteiger charge is 2.27. The van der Waals surface area contributed by atoms with Crippen molar-refractivity contribution >= 4 is 11.9 Å². The van der Waals surface area contributed by atoms with Crippen LogP contribution in [0.15, 0.2) is 0 Å². The van der Waals surface area contributed by atoms with Crippen LogP contribution in [0.25, 0.3) is 0 Å². The molecule has 1 amide bonds. The van der Waals surface area contributed by atoms with Gasteiger partial charge in [-0.05, 0) is 7.05 Å². The van der Waals surface area contributed by atoms with E-state index in [1.807, 2.05) is 0 Å². The Balaban J connectivity index is 3.77. The second-order valence-corrected chi connectivity index (χ2v) is 3.46. The van der Waals surface area contributed by atoms with Gasteiger partial charge in [0.15, 0.2) is 0 Å². The minimum atomic E-state index is -4.42. The highest BCUT2D eigenvalue weighted by molar-refractivity contribution is 5.78. The molecule has 0 heterocycles. The lowest BCUT2D eigenvalue weighted by atomic mass is 10.4. The number of methoxy groups -OCH3 is 1. The first-order chi connectivity index (χ1) is 7.74. The van der Waals surface area contributed by atoms with Crippen LogP contribution in [0.1, 0.15) is 6.42 Å². The van der Waals surface area contributed by atoms with E-state index in [-0.39, 0.29) is 19.5 Å². The summed E-state index contributed by atoms with van der Waals surface area (Å²) in [5.74, 6) is -1.18. The highest BCUT2D eigenvalue weighted by atomic mass is 19.4. The van der Waals surface area contributed by atoms with Gasteiger partial charge in [-0.1, -0.05) is 0 Å². The number of nitrogens with one attached hydrogen (secondary N) is 1. The molecule has 0 aliphatic rings. The molecule has 8 heteroatoms. The van der Waals surface area contributed by atoms with E-state index < -0.39 is 24.6 Å². The number of nitrogens with zero attached hydrogens (tertiary/aromatic N) is 1. The van der Waals surface area contributed by atoms with Crippen LogP contribution in [-0.4, -0.2) is 56.7 Å². The minimum Gasteiger partial charge on any atom is -0.469 e. The number of carbonyl (C=O) groups is 2. The van der Waals surface area contributed by atoms with Gasteiger partial charge in [-0.15, -0.1) is 0 Å². The SMILES string of the molecule is COC(=O)CCN(C)CC(=O)NCC(F)(F)F. The number of likely N-dealkylation sites (N-methyl/N-ethyl adjacent to an activating group) is 1. The number of hydrogen-bond acceptors (Lipinski definition) is 4. The first-order valence-electron chi connectivity index (χ1n) is 4.83. The molecule has 17 heavy (non-hydrogen) atoms. The van der Waals surface area contributed by atoms with Crippen molar-refractivity contribution in [3.8, 4) is 0 Å². The summed E-state index contributed by atoms with van der Waals surface area (Å²) in [6.45, 7) is -1.31. The minimum absolute atomic E-state index is 0.0829. The van der Waals surface area contributed by atoms with Gasteiger partial charge in [-0.2, -0.15) is 13.2 Å². The Morgan fingerprint density at radius 3 is 2.41 bits per heavy atom. The molecule has 0 bridgehead atoms. The van der Waals surface area contributed by atoms with Crippen LogP contribution in [0, 0.1) is 0 Å². The molecule has 0 rings (SSSR count). The van der Waals surface area contributed by atoms with Gasteiger partial charge in [-0.25, -0.2) is 0 Å². The molecule has 0 saturated carbocycles. The van der Waals surface area contributed by atoms with Crippen molar-refractivity contribution in [3.05, 3.63) is 0 Å². The Labute approximate surface area is 96.9 Å². The van der Waals surface area contributed by atoms with Gasteiger partial charge >= 0.3 is 12.1 Å². The fraction of sp³-hybridized carbons (Fsp3) is 0.778. The van der Waals surface area contributed by atoms with E-state index in [4.69, 9.17) is 0 Å². The molecule has 0 aromatic carbocycles. The summed E-state index contributed by atoms with van der Waals surface area (Å²) >= 11 is 0. The van der Waals surface area contributed by atoms with Crippen LogP contribution in [0.4, 0.5) is 13.2 Å². The molecule has 1 N–H and O–H groups in total. The number of rotatable bonds is 6. The van der Waals surface area contributed by atoms with Crippen molar-refractivity contribution in [2.45, 2.75) is 12.6 Å². The molecule has 0 aliphatic heterocycles. The number of ether oxygens (including phenoxy) is 1. The van der Waals surface area contributed by atoms with Crippen LogP contribution in [0.3, 0.4) is 0 Å². The third-order valence-corrected chi connectivity index (χ3v) is 1.82. The number of esters is 1. The maximum atomic E-state index is 11.8. The van der Waals surface area contributed by atoms with Gasteiger partial charge < -0.3 is 10.1 Å². The van der Waals surface area contributed by atoms with Crippen LogP contribution in [0.5, 0.6) is 0 Å². The summed E-state index contributed by atoms with van der Waals surface area (Å²) in [5, 5.41) is 1.73. The Bertz CT molecular complexity index is 269. The monoisotopic (exact) mass is 256 g/mol. The molecule has 0 aromatic heterocycles. The Morgan fingerprint density at radius 2 is 1.94 bits per heavy atom. The number of hydrogen-bond donors (Lipinski definition) is 1. The maximum absolute atomic E-state index is 11.8. The molecule has 100 valence electrons. The Hall–Kier alpha value is -1.31. The summed E-state index contributed by atoms with van der Waals surface area (Å²) in [6.07, 6.45) is -4.33. The van der Waals surface area contributed by atoms with Gasteiger partial charge in [0, 0.05) is 6.54 Å². The summed E-state index contributed by atoms with van der Waals surface area (Å²) in [4.78, 5) is 23.2. The molecule has 0 atom stereocenters. The molecule has 0 unspecified atom stereocenters. The lowest BCUT2D eigenvalue weighted by molar-refractivity contribution is -0.141. The summed E-state index contributed by atoms with van der Waals surface area (Å²) < 4.78 is 39.7. The standard InChI is InChI=1S/C9H15F3N2O3/c1-14(4-3-8(16)17-2)5-7(15)13-6-9(10,11)12/h3-6H2,1-2H3,(H,13,15).